The van der Waals surface area contributed by atoms with Gasteiger partial charge in [-0.05, 0) is 12.8 Å². The summed E-state index contributed by atoms with van der Waals surface area (Å²) in [5.41, 5.74) is 0. The number of esters is 2. The first-order valence-corrected chi connectivity index (χ1v) is 26.4. The molecule has 1 saturated heterocycles. The smallest absolute Gasteiger partial charge is 0.462 e. The van der Waals surface area contributed by atoms with Crippen LogP contribution < -0.4 is 0 Å². The average molecular weight is 959 g/mol. The standard InChI is InChI=1S/C46H87O18P/c1-3-5-7-9-11-13-15-17-19-20-22-24-26-28-35(48)59-31-33(61-36(49)29-27-25-23-21-18-16-14-12-10-8-6-4-2)32-60-65(57,58)64-45-42(55)40(53)39(52)41(54)44(45)63-46-43(56)38(51)37(50)34(30-47)62-46/h33-34,37-47,50-56H,3-32H2,1-2H3,(H,57,58). The van der Waals surface area contributed by atoms with Gasteiger partial charge < -0.3 is 64.7 Å². The van der Waals surface area contributed by atoms with Crippen molar-refractivity contribution in [2.24, 2.45) is 0 Å². The van der Waals surface area contributed by atoms with E-state index in [1.54, 1.807) is 0 Å². The van der Waals surface area contributed by atoms with Crippen molar-refractivity contribution in [1.82, 2.24) is 0 Å². The molecule has 2 aliphatic rings. The Morgan fingerprint density at radius 1 is 0.523 bits per heavy atom. The zero-order chi connectivity index (χ0) is 48.0. The van der Waals surface area contributed by atoms with Gasteiger partial charge in [0.25, 0.3) is 0 Å². The quantitative estimate of drug-likeness (QED) is 0.0219. The number of unbranched alkanes of at least 4 members (excludes halogenated alkanes) is 23. The Kier molecular flexibility index (Phi) is 32.1. The highest BCUT2D eigenvalue weighted by Crippen LogP contribution is 2.48. The number of hydrogen-bond donors (Lipinski definition) is 9. The number of aliphatic hydroxyl groups excluding tert-OH is 8. The molecule has 13 atom stereocenters. The van der Waals surface area contributed by atoms with Gasteiger partial charge in [-0.15, -0.1) is 0 Å². The summed E-state index contributed by atoms with van der Waals surface area (Å²) in [6, 6.07) is 0. The van der Waals surface area contributed by atoms with E-state index >= 15 is 0 Å². The first-order valence-electron chi connectivity index (χ1n) is 24.9. The van der Waals surface area contributed by atoms with E-state index in [9.17, 15) is 59.9 Å². The van der Waals surface area contributed by atoms with Crippen molar-refractivity contribution < 1.29 is 87.9 Å². The normalized spacial score (nSPS) is 28.4. The minimum atomic E-state index is -5.36. The topological polar surface area (TPSA) is 289 Å². The number of hydrogen-bond acceptors (Lipinski definition) is 17. The van der Waals surface area contributed by atoms with Gasteiger partial charge in [0.05, 0.1) is 13.2 Å². The van der Waals surface area contributed by atoms with Gasteiger partial charge in [0, 0.05) is 12.8 Å². The third-order valence-electron chi connectivity index (χ3n) is 12.3. The minimum Gasteiger partial charge on any atom is -0.462 e. The summed E-state index contributed by atoms with van der Waals surface area (Å²) in [6.45, 7) is 2.22. The lowest BCUT2D eigenvalue weighted by Crippen LogP contribution is -2.67. The predicted octanol–water partition coefficient (Wildman–Crippen LogP) is 5.16. The molecule has 384 valence electrons. The molecule has 0 bridgehead atoms. The molecule has 0 aromatic carbocycles. The first-order chi connectivity index (χ1) is 31.2. The fraction of sp³-hybridized carbons (Fsp3) is 0.957. The molecule has 1 saturated carbocycles. The van der Waals surface area contributed by atoms with E-state index in [1.807, 2.05) is 0 Å². The fourth-order valence-corrected chi connectivity index (χ4v) is 9.14. The lowest BCUT2D eigenvalue weighted by atomic mass is 9.84. The van der Waals surface area contributed by atoms with Crippen LogP contribution in [0.3, 0.4) is 0 Å². The van der Waals surface area contributed by atoms with Crippen LogP contribution in [0.1, 0.15) is 187 Å². The van der Waals surface area contributed by atoms with Crippen LogP contribution in [0.2, 0.25) is 0 Å². The first kappa shape index (κ1) is 59.8. The zero-order valence-electron chi connectivity index (χ0n) is 39.3. The van der Waals surface area contributed by atoms with E-state index in [2.05, 4.69) is 13.8 Å². The Labute approximate surface area is 387 Å². The van der Waals surface area contributed by atoms with Crippen LogP contribution in [0.15, 0.2) is 0 Å². The largest absolute Gasteiger partial charge is 0.472 e. The molecule has 13 unspecified atom stereocenters. The molecule has 0 amide bonds. The third-order valence-corrected chi connectivity index (χ3v) is 13.3. The molecule has 1 aliphatic carbocycles. The van der Waals surface area contributed by atoms with E-state index in [-0.39, 0.29) is 12.8 Å². The van der Waals surface area contributed by atoms with E-state index in [0.29, 0.717) is 12.8 Å². The van der Waals surface area contributed by atoms with E-state index in [0.717, 1.165) is 51.4 Å². The SMILES string of the molecule is CCCCCCCCCCCCCCCC(=O)OCC(COP(=O)(O)OC1C(O)C(O)C(O)C(O)C1OC1OC(CO)C(O)C(O)C1O)OC(=O)CCCCCCCCCCCCCC. The number of phosphoric ester groups is 1. The Balaban J connectivity index is 1.96. The second-order valence-electron chi connectivity index (χ2n) is 18.0. The molecule has 0 aromatic heterocycles. The highest BCUT2D eigenvalue weighted by molar-refractivity contribution is 7.47. The second kappa shape index (κ2) is 34.9. The molecule has 2 rings (SSSR count). The summed E-state index contributed by atoms with van der Waals surface area (Å²) < 4.78 is 45.4. The third kappa shape index (κ3) is 24.2. The molecule has 1 heterocycles. The van der Waals surface area contributed by atoms with E-state index in [4.69, 9.17) is 28.0 Å². The van der Waals surface area contributed by atoms with E-state index < -0.39 is 113 Å². The molecule has 1 aliphatic heterocycles. The van der Waals surface area contributed by atoms with Gasteiger partial charge in [-0.3, -0.25) is 18.6 Å². The number of phosphoric acid groups is 1. The Hall–Kier alpha value is -1.35. The maximum absolute atomic E-state index is 13.4. The van der Waals surface area contributed by atoms with Crippen molar-refractivity contribution in [3.05, 3.63) is 0 Å². The molecular weight excluding hydrogens is 871 g/mol. The van der Waals surface area contributed by atoms with Gasteiger partial charge in [-0.2, -0.15) is 0 Å². The highest BCUT2D eigenvalue weighted by atomic mass is 31.2. The van der Waals surface area contributed by atoms with Crippen molar-refractivity contribution in [2.45, 2.75) is 261 Å². The summed E-state index contributed by atoms with van der Waals surface area (Å²) in [5, 5.41) is 82.8. The van der Waals surface area contributed by atoms with Crippen LogP contribution in [0.5, 0.6) is 0 Å². The van der Waals surface area contributed by atoms with Crippen molar-refractivity contribution >= 4 is 19.8 Å². The highest BCUT2D eigenvalue weighted by Gasteiger charge is 2.55. The van der Waals surface area contributed by atoms with Crippen LogP contribution in [0, 0.1) is 0 Å². The van der Waals surface area contributed by atoms with Crippen molar-refractivity contribution in [1.29, 1.82) is 0 Å². The molecule has 0 radical (unpaired) electrons. The van der Waals surface area contributed by atoms with Gasteiger partial charge >= 0.3 is 19.8 Å². The van der Waals surface area contributed by atoms with Crippen LogP contribution in [-0.2, 0) is 42.1 Å². The van der Waals surface area contributed by atoms with Crippen LogP contribution in [0.4, 0.5) is 0 Å². The van der Waals surface area contributed by atoms with Crippen LogP contribution >= 0.6 is 7.82 Å². The van der Waals surface area contributed by atoms with Crippen LogP contribution in [0.25, 0.3) is 0 Å². The van der Waals surface area contributed by atoms with Crippen LogP contribution in [-0.4, -0.2) is 151 Å². The van der Waals surface area contributed by atoms with Crippen molar-refractivity contribution in [3.63, 3.8) is 0 Å². The van der Waals surface area contributed by atoms with Gasteiger partial charge in [-0.25, -0.2) is 4.57 Å². The molecule has 2 fully saturated rings. The Morgan fingerprint density at radius 3 is 1.37 bits per heavy atom. The second-order valence-corrected chi connectivity index (χ2v) is 19.4. The lowest BCUT2D eigenvalue weighted by molar-refractivity contribution is -0.338. The zero-order valence-corrected chi connectivity index (χ0v) is 40.2. The molecule has 18 nitrogen and oxygen atoms in total. The minimum absolute atomic E-state index is 0.0391. The summed E-state index contributed by atoms with van der Waals surface area (Å²) in [5.74, 6) is -1.21. The number of carbonyl (C=O) groups is 2. The summed E-state index contributed by atoms with van der Waals surface area (Å²) in [4.78, 5) is 36.5. The average Bonchev–Trinajstić information content (AvgIpc) is 3.28. The number of aliphatic hydroxyl groups is 8. The maximum atomic E-state index is 13.4. The van der Waals surface area contributed by atoms with Gasteiger partial charge in [0.2, 0.25) is 0 Å². The number of carbonyl (C=O) groups excluding carboxylic acids is 2. The predicted molar refractivity (Wildman–Crippen MR) is 240 cm³/mol. The van der Waals surface area contributed by atoms with Crippen molar-refractivity contribution in [3.8, 4) is 0 Å². The molecule has 0 aromatic rings. The Bertz CT molecular complexity index is 1280. The number of ether oxygens (including phenoxy) is 4. The molecule has 65 heavy (non-hydrogen) atoms. The molecule has 19 heteroatoms. The summed E-state index contributed by atoms with van der Waals surface area (Å²) in [7, 11) is -5.36. The monoisotopic (exact) mass is 959 g/mol. The van der Waals surface area contributed by atoms with Gasteiger partial charge in [0.15, 0.2) is 12.4 Å². The number of rotatable bonds is 38. The molecular formula is C46H87O18P. The molecule has 9 N–H and O–H groups in total. The Morgan fingerprint density at radius 2 is 0.923 bits per heavy atom. The maximum Gasteiger partial charge on any atom is 0.472 e. The summed E-state index contributed by atoms with van der Waals surface area (Å²) >= 11 is 0. The summed E-state index contributed by atoms with van der Waals surface area (Å²) in [6.07, 6.45) is 4.81. The van der Waals surface area contributed by atoms with Gasteiger partial charge in [0.1, 0.15) is 67.6 Å². The van der Waals surface area contributed by atoms with Crippen molar-refractivity contribution in [2.75, 3.05) is 19.8 Å². The lowest BCUT2D eigenvalue weighted by Gasteiger charge is -2.47. The molecule has 0 spiro atoms. The fourth-order valence-electron chi connectivity index (χ4n) is 8.17. The van der Waals surface area contributed by atoms with E-state index in [1.165, 1.54) is 96.3 Å². The van der Waals surface area contributed by atoms with Gasteiger partial charge in [-0.1, -0.05) is 162 Å².